The molecule has 0 heterocycles. The third-order valence-electron chi connectivity index (χ3n) is 2.74. The van der Waals surface area contributed by atoms with Gasteiger partial charge < -0.3 is 9.64 Å². The maximum Gasteiger partial charge on any atom is 0.119 e. The van der Waals surface area contributed by atoms with Crippen LogP contribution in [0.4, 0.5) is 5.69 Å². The standard InChI is InChI=1S/C16H21NO/c1-5-8-13-17(14(4)6-2)15-9-11-16(12-10-15)18-7-3/h6,9-12,14H,2,7,13H2,1,3-4H3. The predicted molar refractivity (Wildman–Crippen MR) is 78.1 cm³/mol. The van der Waals surface area contributed by atoms with E-state index in [1.54, 1.807) is 0 Å². The molecule has 0 radical (unpaired) electrons. The van der Waals surface area contributed by atoms with Crippen molar-refractivity contribution < 1.29 is 4.74 Å². The SMILES string of the molecule is C=CC(C)N(CC#CC)c1ccc(OCC)cc1. The van der Waals surface area contributed by atoms with E-state index in [0.717, 1.165) is 11.4 Å². The van der Waals surface area contributed by atoms with E-state index in [1.807, 2.05) is 32.1 Å². The molecule has 1 atom stereocenters. The molecule has 0 aliphatic carbocycles. The maximum atomic E-state index is 5.44. The molecule has 96 valence electrons. The Balaban J connectivity index is 2.89. The van der Waals surface area contributed by atoms with Crippen molar-refractivity contribution in [1.82, 2.24) is 0 Å². The highest BCUT2D eigenvalue weighted by Crippen LogP contribution is 2.21. The second kappa shape index (κ2) is 7.45. The molecule has 0 saturated carbocycles. The van der Waals surface area contributed by atoms with Gasteiger partial charge in [-0.25, -0.2) is 0 Å². The molecule has 1 unspecified atom stereocenters. The minimum absolute atomic E-state index is 0.254. The molecular weight excluding hydrogens is 222 g/mol. The summed E-state index contributed by atoms with van der Waals surface area (Å²) in [4.78, 5) is 2.21. The number of ether oxygens (including phenoxy) is 1. The van der Waals surface area contributed by atoms with Crippen molar-refractivity contribution in [1.29, 1.82) is 0 Å². The minimum atomic E-state index is 0.254. The van der Waals surface area contributed by atoms with Gasteiger partial charge in [-0.1, -0.05) is 12.0 Å². The van der Waals surface area contributed by atoms with Gasteiger partial charge in [0.2, 0.25) is 0 Å². The average molecular weight is 243 g/mol. The van der Waals surface area contributed by atoms with Crippen molar-refractivity contribution in [3.8, 4) is 17.6 Å². The van der Waals surface area contributed by atoms with Crippen LogP contribution in [-0.4, -0.2) is 19.2 Å². The Kier molecular flexibility index (Phi) is 5.87. The fraction of sp³-hybridized carbons (Fsp3) is 0.375. The lowest BCUT2D eigenvalue weighted by molar-refractivity contribution is 0.340. The summed E-state index contributed by atoms with van der Waals surface area (Å²) in [5.41, 5.74) is 1.13. The number of hydrogen-bond donors (Lipinski definition) is 0. The van der Waals surface area contributed by atoms with Crippen molar-refractivity contribution in [2.45, 2.75) is 26.8 Å². The molecule has 0 aliphatic heterocycles. The first kappa shape index (κ1) is 14.2. The average Bonchev–Trinajstić information content (AvgIpc) is 2.41. The summed E-state index contributed by atoms with van der Waals surface area (Å²) in [6.07, 6.45) is 1.92. The van der Waals surface area contributed by atoms with Gasteiger partial charge in [-0.15, -0.1) is 12.5 Å². The fourth-order valence-corrected chi connectivity index (χ4v) is 1.66. The second-order valence-corrected chi connectivity index (χ2v) is 3.96. The highest BCUT2D eigenvalue weighted by molar-refractivity contribution is 5.51. The zero-order valence-corrected chi connectivity index (χ0v) is 11.4. The summed E-state index contributed by atoms with van der Waals surface area (Å²) in [6, 6.07) is 8.34. The number of hydrogen-bond acceptors (Lipinski definition) is 2. The van der Waals surface area contributed by atoms with Crippen LogP contribution in [0.1, 0.15) is 20.8 Å². The lowest BCUT2D eigenvalue weighted by atomic mass is 10.2. The molecule has 0 aromatic heterocycles. The molecule has 0 fully saturated rings. The molecule has 0 aliphatic rings. The summed E-state index contributed by atoms with van der Waals surface area (Å²) in [7, 11) is 0. The first-order valence-corrected chi connectivity index (χ1v) is 6.24. The van der Waals surface area contributed by atoms with E-state index < -0.39 is 0 Å². The zero-order chi connectivity index (χ0) is 13.4. The number of anilines is 1. The highest BCUT2D eigenvalue weighted by atomic mass is 16.5. The van der Waals surface area contributed by atoms with E-state index in [0.29, 0.717) is 13.2 Å². The monoisotopic (exact) mass is 243 g/mol. The van der Waals surface area contributed by atoms with E-state index in [9.17, 15) is 0 Å². The first-order chi connectivity index (χ1) is 8.72. The predicted octanol–water partition coefficient (Wildman–Crippen LogP) is 3.49. The molecule has 2 heteroatoms. The Labute approximate surface area is 110 Å². The molecule has 0 amide bonds. The van der Waals surface area contributed by atoms with Gasteiger partial charge in [0.25, 0.3) is 0 Å². The van der Waals surface area contributed by atoms with Crippen LogP contribution in [0.2, 0.25) is 0 Å². The Hall–Kier alpha value is -1.88. The topological polar surface area (TPSA) is 12.5 Å². The molecule has 1 rings (SSSR count). The van der Waals surface area contributed by atoms with Gasteiger partial charge in [-0.3, -0.25) is 0 Å². The number of benzene rings is 1. The lowest BCUT2D eigenvalue weighted by Gasteiger charge is -2.27. The molecule has 1 aromatic rings. The van der Waals surface area contributed by atoms with Gasteiger partial charge in [-0.05, 0) is 45.0 Å². The van der Waals surface area contributed by atoms with E-state index >= 15 is 0 Å². The van der Waals surface area contributed by atoms with Gasteiger partial charge in [0, 0.05) is 11.7 Å². The lowest BCUT2D eigenvalue weighted by Crippen LogP contribution is -2.31. The molecule has 2 nitrogen and oxygen atoms in total. The smallest absolute Gasteiger partial charge is 0.119 e. The van der Waals surface area contributed by atoms with Crippen LogP contribution in [0.15, 0.2) is 36.9 Å². The van der Waals surface area contributed by atoms with E-state index in [4.69, 9.17) is 4.74 Å². The fourth-order valence-electron chi connectivity index (χ4n) is 1.66. The van der Waals surface area contributed by atoms with Crippen LogP contribution in [0.3, 0.4) is 0 Å². The summed E-state index contributed by atoms with van der Waals surface area (Å²) < 4.78 is 5.44. The third-order valence-corrected chi connectivity index (χ3v) is 2.74. The Morgan fingerprint density at radius 3 is 2.56 bits per heavy atom. The van der Waals surface area contributed by atoms with E-state index in [1.165, 1.54) is 0 Å². The number of rotatable bonds is 6. The van der Waals surface area contributed by atoms with E-state index in [-0.39, 0.29) is 6.04 Å². The van der Waals surface area contributed by atoms with Crippen molar-refractivity contribution >= 4 is 5.69 Å². The maximum absolute atomic E-state index is 5.44. The second-order valence-electron chi connectivity index (χ2n) is 3.96. The molecule has 0 spiro atoms. The summed E-state index contributed by atoms with van der Waals surface area (Å²) >= 11 is 0. The van der Waals surface area contributed by atoms with Gasteiger partial charge in [0.15, 0.2) is 0 Å². The summed E-state index contributed by atoms with van der Waals surface area (Å²) in [5, 5.41) is 0. The molecule has 1 aromatic carbocycles. The Morgan fingerprint density at radius 1 is 1.39 bits per heavy atom. The summed E-state index contributed by atoms with van der Waals surface area (Å²) in [5.74, 6) is 6.92. The largest absolute Gasteiger partial charge is 0.494 e. The van der Waals surface area contributed by atoms with Gasteiger partial charge in [0.05, 0.1) is 13.2 Å². The Morgan fingerprint density at radius 2 is 2.06 bits per heavy atom. The third kappa shape index (κ3) is 3.85. The molecule has 0 saturated heterocycles. The van der Waals surface area contributed by atoms with Gasteiger partial charge in [-0.2, -0.15) is 0 Å². The quantitative estimate of drug-likeness (QED) is 0.560. The van der Waals surface area contributed by atoms with Crippen LogP contribution in [0, 0.1) is 11.8 Å². The molecule has 0 bridgehead atoms. The van der Waals surface area contributed by atoms with Crippen molar-refractivity contribution in [3.63, 3.8) is 0 Å². The highest BCUT2D eigenvalue weighted by Gasteiger charge is 2.10. The van der Waals surface area contributed by atoms with Gasteiger partial charge >= 0.3 is 0 Å². The van der Waals surface area contributed by atoms with Crippen molar-refractivity contribution in [2.75, 3.05) is 18.1 Å². The minimum Gasteiger partial charge on any atom is -0.494 e. The van der Waals surface area contributed by atoms with Crippen LogP contribution in [0.25, 0.3) is 0 Å². The van der Waals surface area contributed by atoms with Gasteiger partial charge in [0.1, 0.15) is 5.75 Å². The zero-order valence-electron chi connectivity index (χ0n) is 11.4. The number of nitrogens with zero attached hydrogens (tertiary/aromatic N) is 1. The van der Waals surface area contributed by atoms with Crippen LogP contribution in [-0.2, 0) is 0 Å². The first-order valence-electron chi connectivity index (χ1n) is 6.24. The van der Waals surface area contributed by atoms with Crippen molar-refractivity contribution in [3.05, 3.63) is 36.9 Å². The molecular formula is C16H21NO. The van der Waals surface area contributed by atoms with Crippen molar-refractivity contribution in [2.24, 2.45) is 0 Å². The Bertz CT molecular complexity index is 425. The van der Waals surface area contributed by atoms with E-state index in [2.05, 4.69) is 42.4 Å². The molecule has 0 N–H and O–H groups in total. The van der Waals surface area contributed by atoms with Crippen LogP contribution >= 0.6 is 0 Å². The molecule has 18 heavy (non-hydrogen) atoms. The van der Waals surface area contributed by atoms with Crippen LogP contribution < -0.4 is 9.64 Å². The normalized spacial score (nSPS) is 11.1. The van der Waals surface area contributed by atoms with Crippen LogP contribution in [0.5, 0.6) is 5.75 Å². The summed E-state index contributed by atoms with van der Waals surface area (Å²) in [6.45, 7) is 11.2.